The number of hydrogen-bond donors (Lipinski definition) is 2. The molecule has 6 heteroatoms. The van der Waals surface area contributed by atoms with Gasteiger partial charge >= 0.3 is 0 Å². The lowest BCUT2D eigenvalue weighted by atomic mass is 9.98. The number of amides is 2. The van der Waals surface area contributed by atoms with E-state index in [9.17, 15) is 9.59 Å². The summed E-state index contributed by atoms with van der Waals surface area (Å²) in [7, 11) is 0. The molecule has 2 amide bonds. The summed E-state index contributed by atoms with van der Waals surface area (Å²) in [6.45, 7) is 4.35. The number of benzene rings is 1. The molecular formula is C20H25N3O3. The maximum absolute atomic E-state index is 12.6. The third-order valence-electron chi connectivity index (χ3n) is 4.67. The van der Waals surface area contributed by atoms with Gasteiger partial charge in [-0.05, 0) is 49.1 Å². The Labute approximate surface area is 153 Å². The SMILES string of the molecule is CC1CCN(C(=O)c2cccc(NCC(=O)NCc3ccco3)c2)CC1. The molecule has 3 rings (SSSR count). The number of anilines is 1. The molecule has 1 aliphatic rings. The van der Waals surface area contributed by atoms with E-state index in [1.54, 1.807) is 18.4 Å². The molecule has 0 aliphatic carbocycles. The van der Waals surface area contributed by atoms with Crippen molar-refractivity contribution in [1.29, 1.82) is 0 Å². The van der Waals surface area contributed by atoms with Gasteiger partial charge in [-0.15, -0.1) is 0 Å². The molecule has 0 saturated carbocycles. The fourth-order valence-corrected chi connectivity index (χ4v) is 3.00. The summed E-state index contributed by atoms with van der Waals surface area (Å²) in [6.07, 6.45) is 3.68. The number of piperidine rings is 1. The van der Waals surface area contributed by atoms with Crippen molar-refractivity contribution in [2.45, 2.75) is 26.3 Å². The van der Waals surface area contributed by atoms with E-state index in [4.69, 9.17) is 4.42 Å². The van der Waals surface area contributed by atoms with E-state index in [1.807, 2.05) is 29.2 Å². The van der Waals surface area contributed by atoms with E-state index in [0.717, 1.165) is 31.6 Å². The van der Waals surface area contributed by atoms with Crippen LogP contribution in [0.4, 0.5) is 5.69 Å². The highest BCUT2D eigenvalue weighted by Crippen LogP contribution is 2.19. The Balaban J connectivity index is 1.50. The maximum Gasteiger partial charge on any atom is 0.253 e. The molecule has 138 valence electrons. The van der Waals surface area contributed by atoms with Gasteiger partial charge in [0.15, 0.2) is 0 Å². The van der Waals surface area contributed by atoms with Gasteiger partial charge < -0.3 is 20.0 Å². The van der Waals surface area contributed by atoms with Crippen molar-refractivity contribution in [3.8, 4) is 0 Å². The lowest BCUT2D eigenvalue weighted by molar-refractivity contribution is -0.119. The molecule has 0 unspecified atom stereocenters. The molecule has 0 bridgehead atoms. The van der Waals surface area contributed by atoms with Crippen LogP contribution in [0.2, 0.25) is 0 Å². The first kappa shape index (κ1) is 18.0. The summed E-state index contributed by atoms with van der Waals surface area (Å²) >= 11 is 0. The van der Waals surface area contributed by atoms with Gasteiger partial charge in [0, 0.05) is 24.3 Å². The van der Waals surface area contributed by atoms with Crippen LogP contribution in [0.5, 0.6) is 0 Å². The number of nitrogens with zero attached hydrogens (tertiary/aromatic N) is 1. The van der Waals surface area contributed by atoms with Gasteiger partial charge in [-0.2, -0.15) is 0 Å². The third-order valence-corrected chi connectivity index (χ3v) is 4.67. The predicted octanol–water partition coefficient (Wildman–Crippen LogP) is 2.88. The van der Waals surface area contributed by atoms with Crippen LogP contribution in [0, 0.1) is 5.92 Å². The van der Waals surface area contributed by atoms with Crippen molar-refractivity contribution >= 4 is 17.5 Å². The molecule has 1 saturated heterocycles. The molecule has 0 radical (unpaired) electrons. The van der Waals surface area contributed by atoms with Crippen LogP contribution in [0.1, 0.15) is 35.9 Å². The van der Waals surface area contributed by atoms with Crippen LogP contribution in [0.15, 0.2) is 47.1 Å². The van der Waals surface area contributed by atoms with Gasteiger partial charge in [0.2, 0.25) is 5.91 Å². The first-order valence-electron chi connectivity index (χ1n) is 9.04. The zero-order valence-electron chi connectivity index (χ0n) is 15.0. The predicted molar refractivity (Wildman–Crippen MR) is 99.8 cm³/mol. The zero-order valence-corrected chi connectivity index (χ0v) is 15.0. The Bertz CT molecular complexity index is 735. The van der Waals surface area contributed by atoms with Crippen molar-refractivity contribution in [2.24, 2.45) is 5.92 Å². The van der Waals surface area contributed by atoms with Crippen LogP contribution >= 0.6 is 0 Å². The van der Waals surface area contributed by atoms with Crippen molar-refractivity contribution in [1.82, 2.24) is 10.2 Å². The maximum atomic E-state index is 12.6. The normalized spacial score (nSPS) is 14.9. The zero-order chi connectivity index (χ0) is 18.4. The van der Waals surface area contributed by atoms with Crippen molar-refractivity contribution in [2.75, 3.05) is 25.0 Å². The molecule has 2 aromatic rings. The number of likely N-dealkylation sites (tertiary alicyclic amines) is 1. The number of nitrogens with one attached hydrogen (secondary N) is 2. The first-order valence-corrected chi connectivity index (χ1v) is 9.04. The molecule has 6 nitrogen and oxygen atoms in total. The molecule has 0 atom stereocenters. The van der Waals surface area contributed by atoms with Gasteiger partial charge in [-0.1, -0.05) is 13.0 Å². The van der Waals surface area contributed by atoms with Crippen LogP contribution < -0.4 is 10.6 Å². The molecular weight excluding hydrogens is 330 g/mol. The van der Waals surface area contributed by atoms with E-state index >= 15 is 0 Å². The number of hydrogen-bond acceptors (Lipinski definition) is 4. The lowest BCUT2D eigenvalue weighted by Crippen LogP contribution is -2.37. The van der Waals surface area contributed by atoms with Gasteiger partial charge in [0.05, 0.1) is 19.4 Å². The smallest absolute Gasteiger partial charge is 0.253 e. The van der Waals surface area contributed by atoms with E-state index in [0.29, 0.717) is 23.8 Å². The topological polar surface area (TPSA) is 74.6 Å². The minimum Gasteiger partial charge on any atom is -0.467 e. The summed E-state index contributed by atoms with van der Waals surface area (Å²) in [6, 6.07) is 10.9. The van der Waals surface area contributed by atoms with Gasteiger partial charge in [-0.25, -0.2) is 0 Å². The average Bonchev–Trinajstić information content (AvgIpc) is 3.18. The molecule has 2 N–H and O–H groups in total. The van der Waals surface area contributed by atoms with E-state index in [-0.39, 0.29) is 18.4 Å². The summed E-state index contributed by atoms with van der Waals surface area (Å²) in [5.74, 6) is 1.32. The largest absolute Gasteiger partial charge is 0.467 e. The second-order valence-corrected chi connectivity index (χ2v) is 6.77. The Morgan fingerprint density at radius 2 is 2.00 bits per heavy atom. The van der Waals surface area contributed by atoms with E-state index in [2.05, 4.69) is 17.6 Å². The second kappa shape index (κ2) is 8.56. The molecule has 1 aromatic carbocycles. The summed E-state index contributed by atoms with van der Waals surface area (Å²) in [4.78, 5) is 26.5. The molecule has 2 heterocycles. The highest BCUT2D eigenvalue weighted by atomic mass is 16.3. The molecule has 26 heavy (non-hydrogen) atoms. The lowest BCUT2D eigenvalue weighted by Gasteiger charge is -2.30. The van der Waals surface area contributed by atoms with Crippen LogP contribution in [-0.2, 0) is 11.3 Å². The fraction of sp³-hybridized carbons (Fsp3) is 0.400. The molecule has 1 aliphatic heterocycles. The monoisotopic (exact) mass is 355 g/mol. The van der Waals surface area contributed by atoms with Crippen LogP contribution in [0.25, 0.3) is 0 Å². The van der Waals surface area contributed by atoms with Gasteiger partial charge in [0.1, 0.15) is 5.76 Å². The molecule has 0 spiro atoms. The summed E-state index contributed by atoms with van der Waals surface area (Å²) in [5.41, 5.74) is 1.41. The number of rotatable bonds is 6. The average molecular weight is 355 g/mol. The number of carbonyl (C=O) groups excluding carboxylic acids is 2. The quantitative estimate of drug-likeness (QED) is 0.836. The number of furan rings is 1. The Kier molecular flexibility index (Phi) is 5.94. The number of carbonyl (C=O) groups is 2. The van der Waals surface area contributed by atoms with Crippen molar-refractivity contribution in [3.63, 3.8) is 0 Å². The molecule has 1 aromatic heterocycles. The second-order valence-electron chi connectivity index (χ2n) is 6.77. The van der Waals surface area contributed by atoms with Crippen molar-refractivity contribution in [3.05, 3.63) is 54.0 Å². The Morgan fingerprint density at radius 3 is 2.73 bits per heavy atom. The van der Waals surface area contributed by atoms with Crippen LogP contribution in [-0.4, -0.2) is 36.3 Å². The van der Waals surface area contributed by atoms with Gasteiger partial charge in [-0.3, -0.25) is 9.59 Å². The summed E-state index contributed by atoms with van der Waals surface area (Å²) < 4.78 is 5.18. The highest BCUT2D eigenvalue weighted by Gasteiger charge is 2.21. The highest BCUT2D eigenvalue weighted by molar-refractivity contribution is 5.95. The summed E-state index contributed by atoms with van der Waals surface area (Å²) in [5, 5.41) is 5.84. The van der Waals surface area contributed by atoms with Crippen LogP contribution in [0.3, 0.4) is 0 Å². The van der Waals surface area contributed by atoms with Gasteiger partial charge in [0.25, 0.3) is 5.91 Å². The Hall–Kier alpha value is -2.76. The minimum atomic E-state index is -0.136. The standard InChI is InChI=1S/C20H25N3O3/c1-15-7-9-23(10-8-15)20(25)16-4-2-5-17(12-16)21-14-19(24)22-13-18-6-3-11-26-18/h2-6,11-12,15,21H,7-10,13-14H2,1H3,(H,22,24). The Morgan fingerprint density at radius 1 is 1.19 bits per heavy atom. The first-order chi connectivity index (χ1) is 12.6. The molecule has 1 fully saturated rings. The fourth-order valence-electron chi connectivity index (χ4n) is 3.00. The van der Waals surface area contributed by atoms with E-state index in [1.165, 1.54) is 0 Å². The van der Waals surface area contributed by atoms with Crippen molar-refractivity contribution < 1.29 is 14.0 Å². The van der Waals surface area contributed by atoms with E-state index < -0.39 is 0 Å². The minimum absolute atomic E-state index is 0.0582. The third kappa shape index (κ3) is 4.88.